The molecule has 1 saturated heterocycles. The zero-order valence-electron chi connectivity index (χ0n) is 15.7. The van der Waals surface area contributed by atoms with E-state index in [2.05, 4.69) is 5.32 Å². The van der Waals surface area contributed by atoms with Crippen LogP contribution in [0.1, 0.15) is 39.1 Å². The van der Waals surface area contributed by atoms with Crippen molar-refractivity contribution in [2.24, 2.45) is 0 Å². The van der Waals surface area contributed by atoms with Crippen molar-refractivity contribution in [2.45, 2.75) is 25.4 Å². The summed E-state index contributed by atoms with van der Waals surface area (Å²) in [5, 5.41) is 28.3. The lowest BCUT2D eigenvalue weighted by Crippen LogP contribution is -2.52. The lowest BCUT2D eigenvalue weighted by molar-refractivity contribution is -0.136. The van der Waals surface area contributed by atoms with Crippen LogP contribution in [0.25, 0.3) is 0 Å². The number of aromatic hydroxyl groups is 2. The lowest BCUT2D eigenvalue weighted by Gasteiger charge is -2.29. The van der Waals surface area contributed by atoms with Crippen molar-refractivity contribution in [1.82, 2.24) is 10.2 Å². The van der Waals surface area contributed by atoms with Crippen molar-refractivity contribution in [3.63, 3.8) is 0 Å². The van der Waals surface area contributed by atoms with Crippen molar-refractivity contribution in [3.05, 3.63) is 53.1 Å². The second kappa shape index (κ2) is 8.11. The number of phenolic OH excluding ortho intramolecular Hbond substituents is 2. The number of piperidine rings is 1. The van der Waals surface area contributed by atoms with E-state index in [9.17, 15) is 19.2 Å². The molecule has 3 amide bonds. The van der Waals surface area contributed by atoms with Gasteiger partial charge in [-0.25, -0.2) is 4.79 Å². The first-order valence-electron chi connectivity index (χ1n) is 8.95. The van der Waals surface area contributed by atoms with E-state index in [0.29, 0.717) is 24.2 Å². The molecule has 2 aromatic rings. The Morgan fingerprint density at radius 3 is 2.33 bits per heavy atom. The number of amides is 3. The molecule has 1 fully saturated rings. The number of benzene rings is 2. The third-order valence-corrected chi connectivity index (χ3v) is 4.77. The van der Waals surface area contributed by atoms with E-state index in [1.807, 2.05) is 0 Å². The Morgan fingerprint density at radius 1 is 1.10 bits per heavy atom. The minimum absolute atomic E-state index is 0.137. The summed E-state index contributed by atoms with van der Waals surface area (Å²) in [6.45, 7) is 0.327. The number of rotatable bonds is 2. The number of nitrogens with one attached hydrogen (secondary N) is 1. The monoisotopic (exact) mass is 413 g/mol. The maximum atomic E-state index is 12.3. The van der Waals surface area contributed by atoms with E-state index in [0.717, 1.165) is 23.8 Å². The van der Waals surface area contributed by atoms with E-state index in [-0.39, 0.29) is 35.3 Å². The van der Waals surface area contributed by atoms with Crippen molar-refractivity contribution in [2.75, 3.05) is 5.73 Å². The Bertz CT molecular complexity index is 1030. The van der Waals surface area contributed by atoms with Gasteiger partial charge in [-0.15, -0.1) is 0 Å². The molecule has 0 aromatic heterocycles. The van der Waals surface area contributed by atoms with Crippen molar-refractivity contribution in [3.8, 4) is 11.5 Å². The summed E-state index contributed by atoms with van der Waals surface area (Å²) in [5.74, 6) is -2.60. The van der Waals surface area contributed by atoms with Gasteiger partial charge in [0.15, 0.2) is 0 Å². The molecule has 2 aromatic carbocycles. The average Bonchev–Trinajstić information content (AvgIpc) is 3.00. The first-order chi connectivity index (χ1) is 14.2. The summed E-state index contributed by atoms with van der Waals surface area (Å²) in [7, 11) is 0. The van der Waals surface area contributed by atoms with Gasteiger partial charge >= 0.3 is 5.97 Å². The maximum Gasteiger partial charge on any atom is 0.335 e. The van der Waals surface area contributed by atoms with Crippen LogP contribution in [0.3, 0.4) is 0 Å². The van der Waals surface area contributed by atoms with E-state index in [1.54, 1.807) is 18.2 Å². The Morgan fingerprint density at radius 2 is 1.77 bits per heavy atom. The lowest BCUT2D eigenvalue weighted by atomic mass is 10.0. The number of nitrogens with two attached hydrogens (primary N) is 1. The van der Waals surface area contributed by atoms with Crippen molar-refractivity contribution in [1.29, 1.82) is 0 Å². The van der Waals surface area contributed by atoms with Gasteiger partial charge in [0.2, 0.25) is 11.8 Å². The molecule has 0 radical (unpaired) electrons. The number of imide groups is 1. The van der Waals surface area contributed by atoms with Gasteiger partial charge < -0.3 is 26.0 Å². The summed E-state index contributed by atoms with van der Waals surface area (Å²) >= 11 is 0. The molecule has 0 aliphatic carbocycles. The normalized spacial score (nSPS) is 17.7. The Hall–Kier alpha value is -4.08. The highest BCUT2D eigenvalue weighted by Crippen LogP contribution is 2.30. The number of hydrogen-bond donors (Lipinski definition) is 5. The molecule has 0 bridgehead atoms. The highest BCUT2D eigenvalue weighted by molar-refractivity contribution is 6.06. The summed E-state index contributed by atoms with van der Waals surface area (Å²) in [5.41, 5.74) is 7.58. The minimum atomic E-state index is -1.18. The number of nitrogens with zero attached hydrogens (tertiary/aromatic N) is 1. The molecule has 0 saturated carbocycles. The fourth-order valence-corrected chi connectivity index (χ4v) is 3.33. The van der Waals surface area contributed by atoms with Crippen LogP contribution in [0.2, 0.25) is 0 Å². The number of phenols is 2. The second-order valence-electron chi connectivity index (χ2n) is 6.82. The van der Waals surface area contributed by atoms with Crippen molar-refractivity contribution >= 4 is 29.4 Å². The van der Waals surface area contributed by atoms with Crippen LogP contribution in [0.4, 0.5) is 5.69 Å². The second-order valence-corrected chi connectivity index (χ2v) is 6.82. The molecular weight excluding hydrogens is 394 g/mol. The number of aromatic carboxylic acids is 1. The fraction of sp³-hybridized carbons (Fsp3) is 0.200. The molecule has 2 aliphatic rings. The van der Waals surface area contributed by atoms with Crippen LogP contribution in [0.5, 0.6) is 11.5 Å². The van der Waals surface area contributed by atoms with Gasteiger partial charge in [0.1, 0.15) is 17.5 Å². The minimum Gasteiger partial charge on any atom is -0.508 e. The molecule has 0 spiro atoms. The molecule has 156 valence electrons. The van der Waals surface area contributed by atoms with Gasteiger partial charge in [0, 0.05) is 35.8 Å². The summed E-state index contributed by atoms with van der Waals surface area (Å²) < 4.78 is 0. The zero-order chi connectivity index (χ0) is 22.0. The summed E-state index contributed by atoms with van der Waals surface area (Å²) in [6, 6.07) is 7.76. The van der Waals surface area contributed by atoms with Gasteiger partial charge in [-0.05, 0) is 30.7 Å². The Labute approximate surface area is 170 Å². The number of carboxylic acids is 1. The highest BCUT2D eigenvalue weighted by atomic mass is 16.4. The van der Waals surface area contributed by atoms with Gasteiger partial charge in [-0.1, -0.05) is 6.07 Å². The standard InChI is InChI=1S/C13H13N3O3.C7H6O4/c14-9-3-1-2-7-8(9)6-16(13(7)19)10-4-5-11(17)15-12(10)18;8-5-1-4(7(10)11)2-6(9)3-5/h1-3,10H,4-6,14H2,(H,15,17,18);1-3,8-9H,(H,10,11)/t10-;/m0./s1. The van der Waals surface area contributed by atoms with Crippen LogP contribution in [-0.4, -0.2) is 50.0 Å². The number of anilines is 1. The Kier molecular flexibility index (Phi) is 5.58. The molecule has 10 heteroatoms. The van der Waals surface area contributed by atoms with E-state index in [4.69, 9.17) is 21.1 Å². The third-order valence-electron chi connectivity index (χ3n) is 4.77. The number of carbonyl (C=O) groups is 4. The molecule has 1 atom stereocenters. The molecule has 6 N–H and O–H groups in total. The molecule has 4 rings (SSSR count). The number of carboxylic acid groups (broad SMARTS) is 1. The highest BCUT2D eigenvalue weighted by Gasteiger charge is 2.39. The largest absolute Gasteiger partial charge is 0.508 e. The predicted octanol–water partition coefficient (Wildman–Crippen LogP) is 0.826. The first kappa shape index (κ1) is 20.6. The topological polar surface area (TPSA) is 170 Å². The fourth-order valence-electron chi connectivity index (χ4n) is 3.33. The molecule has 30 heavy (non-hydrogen) atoms. The number of carbonyl (C=O) groups excluding carboxylic acids is 3. The number of fused-ring (bicyclic) bond motifs is 1. The predicted molar refractivity (Wildman–Crippen MR) is 104 cm³/mol. The number of hydrogen-bond acceptors (Lipinski definition) is 7. The van der Waals surface area contributed by atoms with Gasteiger partial charge in [0.05, 0.1) is 5.56 Å². The van der Waals surface area contributed by atoms with E-state index in [1.165, 1.54) is 4.90 Å². The molecular formula is C20H19N3O7. The summed E-state index contributed by atoms with van der Waals surface area (Å²) in [4.78, 5) is 47.0. The quantitative estimate of drug-likeness (QED) is 0.356. The number of nitrogen functional groups attached to an aromatic ring is 1. The zero-order valence-corrected chi connectivity index (χ0v) is 15.7. The van der Waals surface area contributed by atoms with Gasteiger partial charge in [-0.3, -0.25) is 19.7 Å². The van der Waals surface area contributed by atoms with Crippen LogP contribution < -0.4 is 11.1 Å². The van der Waals surface area contributed by atoms with Crippen LogP contribution in [0.15, 0.2) is 36.4 Å². The maximum absolute atomic E-state index is 12.3. The van der Waals surface area contributed by atoms with Crippen LogP contribution in [-0.2, 0) is 16.1 Å². The summed E-state index contributed by atoms with van der Waals surface area (Å²) in [6.07, 6.45) is 0.621. The first-order valence-corrected chi connectivity index (χ1v) is 8.95. The van der Waals surface area contributed by atoms with E-state index < -0.39 is 17.9 Å². The van der Waals surface area contributed by atoms with E-state index >= 15 is 0 Å². The van der Waals surface area contributed by atoms with Crippen LogP contribution >= 0.6 is 0 Å². The molecule has 0 unspecified atom stereocenters. The average molecular weight is 413 g/mol. The SMILES string of the molecule is Nc1cccc2c1CN([C@H]1CCC(=O)NC1=O)C2=O.O=C(O)c1cc(O)cc(O)c1. The van der Waals surface area contributed by atoms with Crippen molar-refractivity contribution < 1.29 is 34.5 Å². The Balaban J connectivity index is 0.000000199. The third kappa shape index (κ3) is 4.17. The van der Waals surface area contributed by atoms with Gasteiger partial charge in [0.25, 0.3) is 5.91 Å². The molecule has 2 aliphatic heterocycles. The smallest absolute Gasteiger partial charge is 0.335 e. The molecule has 2 heterocycles. The van der Waals surface area contributed by atoms with Crippen LogP contribution in [0, 0.1) is 0 Å². The molecule has 10 nitrogen and oxygen atoms in total. The van der Waals surface area contributed by atoms with Gasteiger partial charge in [-0.2, -0.15) is 0 Å².